The molecule has 1 unspecified atom stereocenters. The van der Waals surface area contributed by atoms with Crippen LogP contribution in [0.4, 0.5) is 5.95 Å². The minimum atomic E-state index is 0.390. The third kappa shape index (κ3) is 3.10. The second-order valence-electron chi connectivity index (χ2n) is 5.67. The first-order valence-electron chi connectivity index (χ1n) is 7.83. The monoisotopic (exact) mass is 306 g/mol. The Morgan fingerprint density at radius 3 is 2.87 bits per heavy atom. The van der Waals surface area contributed by atoms with Crippen molar-refractivity contribution in [2.24, 2.45) is 0 Å². The van der Waals surface area contributed by atoms with Crippen LogP contribution in [0, 0.1) is 0 Å². The van der Waals surface area contributed by atoms with Gasteiger partial charge < -0.3 is 15.1 Å². The molecule has 116 valence electrons. The molecule has 1 fully saturated rings. The van der Waals surface area contributed by atoms with E-state index in [4.69, 9.17) is 4.42 Å². The molecule has 1 aliphatic rings. The van der Waals surface area contributed by atoms with Crippen LogP contribution in [0.5, 0.6) is 0 Å². The molecule has 1 aliphatic heterocycles. The Labute approximate surface area is 134 Å². The molecule has 1 saturated heterocycles. The van der Waals surface area contributed by atoms with Crippen LogP contribution in [0.25, 0.3) is 22.6 Å². The lowest BCUT2D eigenvalue weighted by molar-refractivity contribution is 0.580. The van der Waals surface area contributed by atoms with E-state index in [0.717, 1.165) is 42.1 Å². The molecule has 0 aliphatic carbocycles. The molecule has 0 saturated carbocycles. The topological polar surface area (TPSA) is 63.0 Å². The van der Waals surface area contributed by atoms with Crippen molar-refractivity contribution in [1.29, 1.82) is 0 Å². The summed E-state index contributed by atoms with van der Waals surface area (Å²) in [6, 6.07) is 14.4. The van der Waals surface area contributed by atoms with E-state index in [9.17, 15) is 0 Å². The highest BCUT2D eigenvalue weighted by atomic mass is 16.3. The molecule has 23 heavy (non-hydrogen) atoms. The molecular formula is C18H18N4O. The van der Waals surface area contributed by atoms with Gasteiger partial charge in [-0.3, -0.25) is 0 Å². The van der Waals surface area contributed by atoms with Gasteiger partial charge in [-0.15, -0.1) is 0 Å². The molecule has 1 atom stereocenters. The average Bonchev–Trinajstić information content (AvgIpc) is 3.28. The normalized spacial score (nSPS) is 17.3. The summed E-state index contributed by atoms with van der Waals surface area (Å²) in [6.45, 7) is 1.99. The number of nitrogens with zero attached hydrogens (tertiary/aromatic N) is 2. The largest absolute Gasteiger partial charge is 0.462 e. The maximum Gasteiger partial charge on any atom is 0.223 e. The molecule has 2 aromatic heterocycles. The summed E-state index contributed by atoms with van der Waals surface area (Å²) in [4.78, 5) is 8.87. The van der Waals surface area contributed by atoms with Crippen molar-refractivity contribution >= 4 is 5.95 Å². The number of hydrogen-bond acceptors (Lipinski definition) is 5. The van der Waals surface area contributed by atoms with Gasteiger partial charge in [-0.2, -0.15) is 0 Å². The van der Waals surface area contributed by atoms with Crippen molar-refractivity contribution in [2.75, 3.05) is 18.4 Å². The lowest BCUT2D eigenvalue weighted by atomic mass is 10.1. The van der Waals surface area contributed by atoms with Crippen molar-refractivity contribution < 1.29 is 4.42 Å². The molecule has 0 bridgehead atoms. The summed E-state index contributed by atoms with van der Waals surface area (Å²) in [5.74, 6) is 1.40. The molecule has 4 rings (SSSR count). The van der Waals surface area contributed by atoms with Gasteiger partial charge in [-0.25, -0.2) is 9.97 Å². The maximum atomic E-state index is 5.70. The zero-order valence-corrected chi connectivity index (χ0v) is 12.7. The molecule has 0 spiro atoms. The third-order valence-corrected chi connectivity index (χ3v) is 4.01. The standard InChI is InChI=1S/C18H18N4O/c1-2-4-13(5-3-1)14-10-17(23-12-14)16-7-9-20-18(22-16)21-15-6-8-19-11-15/h1-5,7,9-10,12,15,19H,6,8,11H2,(H,20,21,22). The van der Waals surface area contributed by atoms with Crippen molar-refractivity contribution in [2.45, 2.75) is 12.5 Å². The second kappa shape index (κ2) is 6.22. The van der Waals surface area contributed by atoms with E-state index in [1.54, 1.807) is 12.5 Å². The summed E-state index contributed by atoms with van der Waals surface area (Å²) in [7, 11) is 0. The second-order valence-corrected chi connectivity index (χ2v) is 5.67. The van der Waals surface area contributed by atoms with Crippen molar-refractivity contribution in [1.82, 2.24) is 15.3 Å². The summed E-state index contributed by atoms with van der Waals surface area (Å²) in [6.07, 6.45) is 4.62. The summed E-state index contributed by atoms with van der Waals surface area (Å²) in [5, 5.41) is 6.69. The van der Waals surface area contributed by atoms with Crippen molar-refractivity contribution in [3.8, 4) is 22.6 Å². The van der Waals surface area contributed by atoms with E-state index in [0.29, 0.717) is 12.0 Å². The fraction of sp³-hybridized carbons (Fsp3) is 0.222. The predicted molar refractivity (Wildman–Crippen MR) is 90.1 cm³/mol. The Kier molecular flexibility index (Phi) is 3.78. The zero-order chi connectivity index (χ0) is 15.5. The Bertz CT molecular complexity index is 778. The number of hydrogen-bond donors (Lipinski definition) is 2. The molecule has 5 nitrogen and oxygen atoms in total. The fourth-order valence-corrected chi connectivity index (χ4v) is 2.78. The number of aromatic nitrogens is 2. The lowest BCUT2D eigenvalue weighted by Crippen LogP contribution is -2.23. The quantitative estimate of drug-likeness (QED) is 0.775. The van der Waals surface area contributed by atoms with Crippen LogP contribution in [0.1, 0.15) is 6.42 Å². The third-order valence-electron chi connectivity index (χ3n) is 4.01. The van der Waals surface area contributed by atoms with Gasteiger partial charge >= 0.3 is 0 Å². The zero-order valence-electron chi connectivity index (χ0n) is 12.7. The molecule has 3 aromatic rings. The van der Waals surface area contributed by atoms with Crippen LogP contribution in [-0.2, 0) is 0 Å². The lowest BCUT2D eigenvalue weighted by Gasteiger charge is -2.10. The van der Waals surface area contributed by atoms with Gasteiger partial charge in [0.05, 0.1) is 6.26 Å². The van der Waals surface area contributed by atoms with Gasteiger partial charge in [0, 0.05) is 24.3 Å². The van der Waals surface area contributed by atoms with E-state index < -0.39 is 0 Å². The van der Waals surface area contributed by atoms with Crippen LogP contribution >= 0.6 is 0 Å². The number of furan rings is 1. The van der Waals surface area contributed by atoms with Gasteiger partial charge in [-0.05, 0) is 30.7 Å². The van der Waals surface area contributed by atoms with E-state index in [-0.39, 0.29) is 0 Å². The summed E-state index contributed by atoms with van der Waals surface area (Å²) in [5.41, 5.74) is 2.97. The van der Waals surface area contributed by atoms with Crippen molar-refractivity contribution in [3.05, 3.63) is 54.9 Å². The van der Waals surface area contributed by atoms with Crippen LogP contribution in [0.2, 0.25) is 0 Å². The molecule has 0 amide bonds. The Balaban J connectivity index is 1.57. The number of anilines is 1. The van der Waals surface area contributed by atoms with Crippen molar-refractivity contribution in [3.63, 3.8) is 0 Å². The van der Waals surface area contributed by atoms with Crippen LogP contribution in [0.15, 0.2) is 59.3 Å². The first-order chi connectivity index (χ1) is 11.4. The Morgan fingerprint density at radius 2 is 2.04 bits per heavy atom. The number of nitrogens with one attached hydrogen (secondary N) is 2. The molecule has 0 radical (unpaired) electrons. The Morgan fingerprint density at radius 1 is 1.13 bits per heavy atom. The predicted octanol–water partition coefficient (Wildman–Crippen LogP) is 3.18. The minimum Gasteiger partial charge on any atom is -0.462 e. The average molecular weight is 306 g/mol. The summed E-state index contributed by atoms with van der Waals surface area (Å²) < 4.78 is 5.70. The SMILES string of the molecule is c1ccc(-c2coc(-c3ccnc(NC4CCNC4)n3)c2)cc1. The smallest absolute Gasteiger partial charge is 0.223 e. The van der Waals surface area contributed by atoms with Crippen LogP contribution in [-0.4, -0.2) is 29.1 Å². The minimum absolute atomic E-state index is 0.390. The van der Waals surface area contributed by atoms with Gasteiger partial charge in [0.25, 0.3) is 0 Å². The van der Waals surface area contributed by atoms with Gasteiger partial charge in [-0.1, -0.05) is 30.3 Å². The number of benzene rings is 1. The molecular weight excluding hydrogens is 288 g/mol. The van der Waals surface area contributed by atoms with Crippen LogP contribution < -0.4 is 10.6 Å². The summed E-state index contributed by atoms with van der Waals surface area (Å²) >= 11 is 0. The van der Waals surface area contributed by atoms with Gasteiger partial charge in [0.1, 0.15) is 5.69 Å². The highest BCUT2D eigenvalue weighted by Crippen LogP contribution is 2.27. The van der Waals surface area contributed by atoms with E-state index in [1.165, 1.54) is 0 Å². The van der Waals surface area contributed by atoms with E-state index in [1.807, 2.05) is 30.3 Å². The maximum absolute atomic E-state index is 5.70. The Hall–Kier alpha value is -2.66. The number of rotatable bonds is 4. The highest BCUT2D eigenvalue weighted by Gasteiger charge is 2.15. The molecule has 5 heteroatoms. The van der Waals surface area contributed by atoms with E-state index in [2.05, 4.69) is 32.7 Å². The van der Waals surface area contributed by atoms with Gasteiger partial charge in [0.2, 0.25) is 5.95 Å². The molecule has 3 heterocycles. The van der Waals surface area contributed by atoms with Crippen LogP contribution in [0.3, 0.4) is 0 Å². The highest BCUT2D eigenvalue weighted by molar-refractivity contribution is 5.68. The first kappa shape index (κ1) is 14.0. The molecule has 1 aromatic carbocycles. The first-order valence-corrected chi connectivity index (χ1v) is 7.83. The fourth-order valence-electron chi connectivity index (χ4n) is 2.78. The van der Waals surface area contributed by atoms with E-state index >= 15 is 0 Å². The van der Waals surface area contributed by atoms with Gasteiger partial charge in [0.15, 0.2) is 5.76 Å². The molecule has 2 N–H and O–H groups in total.